The summed E-state index contributed by atoms with van der Waals surface area (Å²) >= 11 is 3.02. The molecule has 17 heteroatoms. The van der Waals surface area contributed by atoms with Gasteiger partial charge in [0, 0.05) is 32.5 Å². The molecule has 0 aromatic carbocycles. The average Bonchev–Trinajstić information content (AvgIpc) is 3.03. The Hall–Kier alpha value is -2.34. The molecule has 0 bridgehead atoms. The summed E-state index contributed by atoms with van der Waals surface area (Å²) in [7, 11) is -3.84. The average molecular weight is 774 g/mol. The highest BCUT2D eigenvalue weighted by Crippen LogP contribution is 2.13. The summed E-state index contributed by atoms with van der Waals surface area (Å²) in [5.74, 6) is -2.53. The standard InChI is InChI=1S/C31H57BrN4O11S/c32-24-29(39)33-17-18-34-30(40)25-47-22-21-46-20-19-35-27(37)16-15-26(31(41)42)36-28(38)14-12-10-8-6-4-2-1-3-5-7-9-11-13-23-48(43,44)45/h26H,1-25H2,(H,33,39)(H,34,40)(H,35,37)(H,36,38)(H,41,42)(H,43,44,45). The molecule has 0 aliphatic heterocycles. The molecule has 0 fully saturated rings. The highest BCUT2D eigenvalue weighted by molar-refractivity contribution is 9.09. The van der Waals surface area contributed by atoms with Crippen LogP contribution in [0.4, 0.5) is 0 Å². The molecule has 15 nitrogen and oxygen atoms in total. The lowest BCUT2D eigenvalue weighted by Gasteiger charge is -2.14. The SMILES string of the molecule is O=C(CBr)NCCNC(=O)COCCOCCNC(=O)CCC(NC(=O)CCCCCCCCCCCCCCCS(=O)(=O)O)C(=O)O. The molecule has 0 aromatic rings. The minimum atomic E-state index is -3.84. The Morgan fingerprint density at radius 2 is 1.10 bits per heavy atom. The number of carbonyl (C=O) groups excluding carboxylic acids is 4. The lowest BCUT2D eigenvalue weighted by molar-refractivity contribution is -0.142. The maximum atomic E-state index is 12.2. The van der Waals surface area contributed by atoms with Gasteiger partial charge in [0.25, 0.3) is 10.1 Å². The van der Waals surface area contributed by atoms with Crippen LogP contribution in [0.15, 0.2) is 0 Å². The van der Waals surface area contributed by atoms with Gasteiger partial charge in [-0.2, -0.15) is 8.42 Å². The smallest absolute Gasteiger partial charge is 0.326 e. The summed E-state index contributed by atoms with van der Waals surface area (Å²) in [6.07, 6.45) is 12.9. The number of carbonyl (C=O) groups is 5. The monoisotopic (exact) mass is 772 g/mol. The molecule has 0 radical (unpaired) electrons. The van der Waals surface area contributed by atoms with Gasteiger partial charge >= 0.3 is 5.97 Å². The van der Waals surface area contributed by atoms with Crippen LogP contribution in [0.2, 0.25) is 0 Å². The first-order valence-electron chi connectivity index (χ1n) is 16.9. The van der Waals surface area contributed by atoms with Crippen LogP contribution in [-0.4, -0.2) is 111 Å². The Bertz CT molecular complexity index is 1020. The summed E-state index contributed by atoms with van der Waals surface area (Å²) < 4.78 is 40.6. The van der Waals surface area contributed by atoms with Crippen LogP contribution >= 0.6 is 15.9 Å². The fraction of sp³-hybridized carbons (Fsp3) is 0.839. The van der Waals surface area contributed by atoms with Gasteiger partial charge in [-0.15, -0.1) is 0 Å². The van der Waals surface area contributed by atoms with E-state index in [0.717, 1.165) is 70.6 Å². The topological polar surface area (TPSA) is 227 Å². The van der Waals surface area contributed by atoms with E-state index >= 15 is 0 Å². The van der Waals surface area contributed by atoms with Crippen LogP contribution in [0.3, 0.4) is 0 Å². The lowest BCUT2D eigenvalue weighted by Crippen LogP contribution is -2.41. The quantitative estimate of drug-likeness (QED) is 0.0323. The van der Waals surface area contributed by atoms with Crippen LogP contribution in [0.5, 0.6) is 0 Å². The second-order valence-corrected chi connectivity index (χ2v) is 13.6. The van der Waals surface area contributed by atoms with E-state index in [-0.39, 0.29) is 93.5 Å². The highest BCUT2D eigenvalue weighted by atomic mass is 79.9. The summed E-state index contributed by atoms with van der Waals surface area (Å²) in [6.45, 7) is 1.28. The molecule has 1 unspecified atom stereocenters. The predicted molar refractivity (Wildman–Crippen MR) is 184 cm³/mol. The molecule has 6 N–H and O–H groups in total. The number of nitrogens with one attached hydrogen (secondary N) is 4. The molecule has 0 rings (SSSR count). The molecule has 0 aliphatic carbocycles. The number of hydrogen-bond acceptors (Lipinski definition) is 9. The molecule has 0 saturated heterocycles. The Kier molecular flexibility index (Phi) is 29.2. The van der Waals surface area contributed by atoms with Gasteiger partial charge in [0.2, 0.25) is 23.6 Å². The van der Waals surface area contributed by atoms with Crippen molar-refractivity contribution in [1.29, 1.82) is 0 Å². The zero-order chi connectivity index (χ0) is 35.9. The van der Waals surface area contributed by atoms with Crippen molar-refractivity contribution in [2.45, 2.75) is 109 Å². The normalized spacial score (nSPS) is 11.9. The molecule has 0 aliphatic rings. The Morgan fingerprint density at radius 3 is 1.65 bits per heavy atom. The number of ether oxygens (including phenoxy) is 2. The number of carboxylic acid groups (broad SMARTS) is 1. The molecule has 1 atom stereocenters. The van der Waals surface area contributed by atoms with E-state index in [9.17, 15) is 37.5 Å². The highest BCUT2D eigenvalue weighted by Gasteiger charge is 2.20. The number of unbranched alkanes of at least 4 members (excludes halogenated alkanes) is 12. The Labute approximate surface area is 293 Å². The maximum absolute atomic E-state index is 12.2. The first kappa shape index (κ1) is 45.7. The third kappa shape index (κ3) is 32.2. The van der Waals surface area contributed by atoms with Gasteiger partial charge in [-0.25, -0.2) is 4.79 Å². The van der Waals surface area contributed by atoms with Crippen LogP contribution in [-0.2, 0) is 43.6 Å². The van der Waals surface area contributed by atoms with Crippen molar-refractivity contribution in [2.75, 3.05) is 57.1 Å². The van der Waals surface area contributed by atoms with Crippen LogP contribution in [0.25, 0.3) is 0 Å². The molecular formula is C31H57BrN4O11S. The van der Waals surface area contributed by atoms with E-state index in [4.69, 9.17) is 14.0 Å². The van der Waals surface area contributed by atoms with Crippen molar-refractivity contribution in [3.05, 3.63) is 0 Å². The third-order valence-corrected chi connectivity index (χ3v) is 8.48. The van der Waals surface area contributed by atoms with E-state index in [2.05, 4.69) is 37.2 Å². The molecule has 48 heavy (non-hydrogen) atoms. The Morgan fingerprint density at radius 1 is 0.604 bits per heavy atom. The van der Waals surface area contributed by atoms with Gasteiger partial charge in [-0.05, 0) is 19.3 Å². The van der Waals surface area contributed by atoms with Gasteiger partial charge in [-0.3, -0.25) is 23.7 Å². The zero-order valence-corrected chi connectivity index (χ0v) is 30.5. The number of halogens is 1. The molecule has 0 aromatic heterocycles. The van der Waals surface area contributed by atoms with Gasteiger partial charge < -0.3 is 35.8 Å². The third-order valence-electron chi connectivity index (χ3n) is 7.16. The number of carboxylic acids is 1. The predicted octanol–water partition coefficient (Wildman–Crippen LogP) is 2.46. The van der Waals surface area contributed by atoms with Crippen molar-refractivity contribution in [3.8, 4) is 0 Å². The maximum Gasteiger partial charge on any atom is 0.326 e. The summed E-state index contributed by atoms with van der Waals surface area (Å²) in [6, 6.07) is -1.14. The summed E-state index contributed by atoms with van der Waals surface area (Å²) in [4.78, 5) is 58.6. The van der Waals surface area contributed by atoms with Crippen molar-refractivity contribution in [1.82, 2.24) is 21.3 Å². The fourth-order valence-corrected chi connectivity index (χ4v) is 5.32. The van der Waals surface area contributed by atoms with Crippen molar-refractivity contribution < 1.29 is 51.5 Å². The van der Waals surface area contributed by atoms with E-state index < -0.39 is 22.1 Å². The Balaban J connectivity index is 3.71. The second-order valence-electron chi connectivity index (χ2n) is 11.5. The van der Waals surface area contributed by atoms with E-state index in [1.807, 2.05) is 0 Å². The van der Waals surface area contributed by atoms with Gasteiger partial charge in [0.1, 0.15) is 12.6 Å². The molecule has 0 saturated carbocycles. The van der Waals surface area contributed by atoms with Gasteiger partial charge in [0.05, 0.1) is 30.9 Å². The number of rotatable bonds is 33. The summed E-state index contributed by atoms with van der Waals surface area (Å²) in [5, 5.41) is 20.0. The summed E-state index contributed by atoms with van der Waals surface area (Å²) in [5.41, 5.74) is 0. The minimum Gasteiger partial charge on any atom is -0.480 e. The van der Waals surface area contributed by atoms with Crippen molar-refractivity contribution >= 4 is 55.6 Å². The van der Waals surface area contributed by atoms with Crippen LogP contribution < -0.4 is 21.3 Å². The molecular weight excluding hydrogens is 716 g/mol. The molecule has 0 heterocycles. The van der Waals surface area contributed by atoms with Crippen LogP contribution in [0.1, 0.15) is 103 Å². The fourth-order valence-electron chi connectivity index (χ4n) is 4.55. The number of aliphatic carboxylic acids is 1. The number of hydrogen-bond donors (Lipinski definition) is 6. The van der Waals surface area contributed by atoms with Gasteiger partial charge in [-0.1, -0.05) is 86.6 Å². The molecule has 4 amide bonds. The van der Waals surface area contributed by atoms with Crippen molar-refractivity contribution in [2.24, 2.45) is 0 Å². The molecule has 0 spiro atoms. The first-order chi connectivity index (χ1) is 22.9. The molecule has 280 valence electrons. The zero-order valence-electron chi connectivity index (χ0n) is 28.1. The largest absolute Gasteiger partial charge is 0.480 e. The van der Waals surface area contributed by atoms with Crippen LogP contribution in [0, 0.1) is 0 Å². The van der Waals surface area contributed by atoms with Crippen molar-refractivity contribution in [3.63, 3.8) is 0 Å². The first-order valence-corrected chi connectivity index (χ1v) is 19.7. The van der Waals surface area contributed by atoms with E-state index in [0.29, 0.717) is 19.4 Å². The lowest BCUT2D eigenvalue weighted by atomic mass is 10.0. The number of alkyl halides is 1. The van der Waals surface area contributed by atoms with Gasteiger partial charge in [0.15, 0.2) is 0 Å². The second kappa shape index (κ2) is 30.7. The minimum absolute atomic E-state index is 0.0272. The van der Waals surface area contributed by atoms with E-state index in [1.165, 1.54) is 0 Å². The number of amides is 4. The van der Waals surface area contributed by atoms with E-state index in [1.54, 1.807) is 0 Å².